The Morgan fingerprint density at radius 3 is 2.00 bits per heavy atom. The minimum atomic E-state index is -4.88. The fourth-order valence-electron chi connectivity index (χ4n) is 2.52. The van der Waals surface area contributed by atoms with Crippen molar-refractivity contribution in [1.82, 2.24) is 0 Å². The maximum atomic E-state index is 13.6. The Labute approximate surface area is 160 Å². The largest absolute Gasteiger partial charge is 0.497 e. The van der Waals surface area contributed by atoms with Gasteiger partial charge in [-0.1, -0.05) is 6.07 Å². The molecule has 8 heteroatoms. The summed E-state index contributed by atoms with van der Waals surface area (Å²) in [5.41, 5.74) is -1.44. The molecule has 0 unspecified atom stereocenters. The van der Waals surface area contributed by atoms with Gasteiger partial charge in [0, 0.05) is 6.07 Å². The summed E-state index contributed by atoms with van der Waals surface area (Å²) in [5, 5.41) is 0. The molecule has 2 rings (SSSR count). The zero-order valence-electron chi connectivity index (χ0n) is 15.7. The van der Waals surface area contributed by atoms with Crippen molar-refractivity contribution in [1.29, 1.82) is 0 Å². The molecular weight excluding hydrogens is 377 g/mol. The lowest BCUT2D eigenvalue weighted by Crippen LogP contribution is -2.20. The third kappa shape index (κ3) is 4.57. The lowest BCUT2D eigenvalue weighted by atomic mass is 9.99. The number of ether oxygens (including phenoxy) is 4. The highest BCUT2D eigenvalue weighted by atomic mass is 19.4. The van der Waals surface area contributed by atoms with Gasteiger partial charge in [0.15, 0.2) is 11.5 Å². The Morgan fingerprint density at radius 1 is 0.821 bits per heavy atom. The molecule has 0 aliphatic carbocycles. The molecule has 5 nitrogen and oxygen atoms in total. The molecule has 0 N–H and O–H groups in total. The summed E-state index contributed by atoms with van der Waals surface area (Å²) < 4.78 is 61.2. The number of hydrogen-bond acceptors (Lipinski definition) is 5. The van der Waals surface area contributed by atoms with Gasteiger partial charge in [-0.2, -0.15) is 13.2 Å². The van der Waals surface area contributed by atoms with E-state index in [-0.39, 0.29) is 22.6 Å². The summed E-state index contributed by atoms with van der Waals surface area (Å²) in [6, 6.07) is 8.16. The van der Waals surface area contributed by atoms with Crippen LogP contribution in [0.1, 0.15) is 15.9 Å². The summed E-state index contributed by atoms with van der Waals surface area (Å²) >= 11 is 0. The van der Waals surface area contributed by atoms with Crippen LogP contribution >= 0.6 is 0 Å². The number of methoxy groups -OCH3 is 4. The molecule has 0 spiro atoms. The number of halogens is 3. The molecule has 0 aliphatic heterocycles. The van der Waals surface area contributed by atoms with Crippen LogP contribution < -0.4 is 18.9 Å². The highest BCUT2D eigenvalue weighted by Gasteiger charge is 2.39. The molecule has 0 saturated heterocycles. The van der Waals surface area contributed by atoms with Crippen molar-refractivity contribution in [2.45, 2.75) is 6.18 Å². The predicted molar refractivity (Wildman–Crippen MR) is 97.5 cm³/mol. The minimum Gasteiger partial charge on any atom is -0.497 e. The fraction of sp³-hybridized carbons (Fsp3) is 0.250. The summed E-state index contributed by atoms with van der Waals surface area (Å²) in [6.07, 6.45) is -4.12. The SMILES string of the molecule is COc1ccc(C(=O)/C(=C\c2ccc(OC)c(OC)c2)C(F)(F)F)c(OC)c1. The Balaban J connectivity index is 2.56. The topological polar surface area (TPSA) is 54.0 Å². The first-order valence-electron chi connectivity index (χ1n) is 8.02. The number of carbonyl (C=O) groups excluding carboxylic acids is 1. The zero-order valence-corrected chi connectivity index (χ0v) is 15.7. The maximum absolute atomic E-state index is 13.6. The van der Waals surface area contributed by atoms with Crippen LogP contribution in [0.4, 0.5) is 13.2 Å². The van der Waals surface area contributed by atoms with Gasteiger partial charge in [-0.05, 0) is 35.9 Å². The van der Waals surface area contributed by atoms with Crippen LogP contribution in [0.3, 0.4) is 0 Å². The average molecular weight is 396 g/mol. The highest BCUT2D eigenvalue weighted by Crippen LogP contribution is 2.35. The van der Waals surface area contributed by atoms with Crippen molar-refractivity contribution >= 4 is 11.9 Å². The minimum absolute atomic E-state index is 0.0215. The Morgan fingerprint density at radius 2 is 1.46 bits per heavy atom. The quantitative estimate of drug-likeness (QED) is 0.508. The third-order valence-electron chi connectivity index (χ3n) is 3.92. The van der Waals surface area contributed by atoms with Crippen LogP contribution in [-0.2, 0) is 0 Å². The van der Waals surface area contributed by atoms with Crippen molar-refractivity contribution in [2.75, 3.05) is 28.4 Å². The summed E-state index contributed by atoms with van der Waals surface area (Å²) in [5.74, 6) is -0.289. The molecule has 28 heavy (non-hydrogen) atoms. The molecule has 0 radical (unpaired) electrons. The van der Waals surface area contributed by atoms with Crippen LogP contribution in [0.2, 0.25) is 0 Å². The van der Waals surface area contributed by atoms with E-state index in [0.29, 0.717) is 11.5 Å². The second-order valence-corrected chi connectivity index (χ2v) is 5.57. The van der Waals surface area contributed by atoms with Gasteiger partial charge in [0.25, 0.3) is 0 Å². The second kappa shape index (κ2) is 8.69. The summed E-state index contributed by atoms with van der Waals surface area (Å²) in [4.78, 5) is 12.7. The molecule has 150 valence electrons. The van der Waals surface area contributed by atoms with Crippen molar-refractivity contribution in [3.05, 3.63) is 53.1 Å². The average Bonchev–Trinajstić information content (AvgIpc) is 2.69. The van der Waals surface area contributed by atoms with E-state index in [1.807, 2.05) is 0 Å². The number of alkyl halides is 3. The van der Waals surface area contributed by atoms with Gasteiger partial charge in [0.05, 0.1) is 34.0 Å². The van der Waals surface area contributed by atoms with E-state index in [2.05, 4.69) is 0 Å². The van der Waals surface area contributed by atoms with Crippen LogP contribution in [0.25, 0.3) is 6.08 Å². The van der Waals surface area contributed by atoms with Crippen molar-refractivity contribution in [3.63, 3.8) is 0 Å². The molecule has 0 fully saturated rings. The number of hydrogen-bond donors (Lipinski definition) is 0. The zero-order chi connectivity index (χ0) is 20.9. The van der Waals surface area contributed by atoms with E-state index in [1.165, 1.54) is 64.8 Å². The number of ketones is 1. The monoisotopic (exact) mass is 396 g/mol. The van der Waals surface area contributed by atoms with Crippen molar-refractivity contribution < 1.29 is 36.9 Å². The molecule has 0 saturated carbocycles. The van der Waals surface area contributed by atoms with Crippen LogP contribution in [-0.4, -0.2) is 40.4 Å². The van der Waals surface area contributed by atoms with Crippen molar-refractivity contribution in [3.8, 4) is 23.0 Å². The molecule has 0 heterocycles. The lowest BCUT2D eigenvalue weighted by Gasteiger charge is -2.14. The molecular formula is C20H19F3O5. The number of allylic oxidation sites excluding steroid dienone is 1. The molecule has 0 aromatic heterocycles. The smallest absolute Gasteiger partial charge is 0.420 e. The van der Waals surface area contributed by atoms with Gasteiger partial charge in [-0.15, -0.1) is 0 Å². The summed E-state index contributed by atoms with van der Waals surface area (Å²) in [6.45, 7) is 0. The van der Waals surface area contributed by atoms with E-state index in [1.54, 1.807) is 0 Å². The predicted octanol–water partition coefficient (Wildman–Crippen LogP) is 4.55. The fourth-order valence-corrected chi connectivity index (χ4v) is 2.52. The molecule has 2 aromatic carbocycles. The lowest BCUT2D eigenvalue weighted by molar-refractivity contribution is -0.0878. The van der Waals surface area contributed by atoms with Gasteiger partial charge < -0.3 is 18.9 Å². The Hall–Kier alpha value is -3.16. The first kappa shape index (κ1) is 21.1. The maximum Gasteiger partial charge on any atom is 0.420 e. The van der Waals surface area contributed by atoms with Gasteiger partial charge in [0.1, 0.15) is 17.1 Å². The normalized spacial score (nSPS) is 11.8. The van der Waals surface area contributed by atoms with E-state index in [0.717, 1.165) is 6.08 Å². The first-order valence-corrected chi connectivity index (χ1v) is 8.02. The number of carbonyl (C=O) groups is 1. The van der Waals surface area contributed by atoms with Crippen LogP contribution in [0, 0.1) is 0 Å². The third-order valence-corrected chi connectivity index (χ3v) is 3.92. The van der Waals surface area contributed by atoms with Gasteiger partial charge in [0.2, 0.25) is 5.78 Å². The van der Waals surface area contributed by atoms with E-state index in [4.69, 9.17) is 18.9 Å². The Bertz CT molecular complexity index is 888. The highest BCUT2D eigenvalue weighted by molar-refractivity contribution is 6.13. The number of Topliss-reactive ketones (excluding diaryl/α,β-unsaturated/α-hetero) is 1. The molecule has 0 aliphatic rings. The van der Waals surface area contributed by atoms with E-state index in [9.17, 15) is 18.0 Å². The first-order chi connectivity index (χ1) is 13.2. The van der Waals surface area contributed by atoms with Gasteiger partial charge in [-0.3, -0.25) is 4.79 Å². The molecule has 0 atom stereocenters. The standard InChI is InChI=1S/C20H19F3O5/c1-25-13-6-7-14(17(11-13)27-3)19(24)15(20(21,22)23)9-12-5-8-16(26-2)18(10-12)28-4/h5-11H,1-4H3/b15-9+. The van der Waals surface area contributed by atoms with Crippen molar-refractivity contribution in [2.24, 2.45) is 0 Å². The van der Waals surface area contributed by atoms with E-state index >= 15 is 0 Å². The van der Waals surface area contributed by atoms with Crippen LogP contribution in [0.5, 0.6) is 23.0 Å². The molecule has 2 aromatic rings. The summed E-state index contributed by atoms with van der Waals surface area (Å²) in [7, 11) is 5.43. The second-order valence-electron chi connectivity index (χ2n) is 5.57. The van der Waals surface area contributed by atoms with Gasteiger partial charge >= 0.3 is 6.18 Å². The number of benzene rings is 2. The molecule has 0 amide bonds. The molecule has 0 bridgehead atoms. The van der Waals surface area contributed by atoms with E-state index < -0.39 is 17.5 Å². The van der Waals surface area contributed by atoms with Crippen LogP contribution in [0.15, 0.2) is 42.0 Å². The Kier molecular flexibility index (Phi) is 6.56. The number of rotatable bonds is 7. The van der Waals surface area contributed by atoms with Gasteiger partial charge in [-0.25, -0.2) is 0 Å².